The molecule has 30 heavy (non-hydrogen) atoms. The van der Waals surface area contributed by atoms with E-state index in [-0.39, 0.29) is 24.8 Å². The highest BCUT2D eigenvalue weighted by molar-refractivity contribution is 4.69. The van der Waals surface area contributed by atoms with Gasteiger partial charge in [-0.2, -0.15) is 0 Å². The Hall–Kier alpha value is -0.320. The second kappa shape index (κ2) is 12.6. The number of hydrogen-bond donors (Lipinski definition) is 0. The van der Waals surface area contributed by atoms with Crippen molar-refractivity contribution in [1.29, 1.82) is 0 Å². The quantitative estimate of drug-likeness (QED) is 0.279. The van der Waals surface area contributed by atoms with Gasteiger partial charge in [-0.1, -0.05) is 27.7 Å². The summed E-state index contributed by atoms with van der Waals surface area (Å²) in [7, 11) is 0. The molecule has 0 aromatic carbocycles. The molecule has 0 aromatic rings. The van der Waals surface area contributed by atoms with Crippen LogP contribution in [0.1, 0.15) is 80.1 Å². The Kier molecular flexibility index (Phi) is 10.9. The summed E-state index contributed by atoms with van der Waals surface area (Å²) in [5.41, 5.74) is 0. The van der Waals surface area contributed by atoms with Crippen molar-refractivity contribution in [2.24, 2.45) is 0 Å². The molecule has 6 unspecified atom stereocenters. The van der Waals surface area contributed by atoms with Gasteiger partial charge in [-0.05, 0) is 39.5 Å². The lowest BCUT2D eigenvalue weighted by molar-refractivity contribution is -0.387. The monoisotopic (exact) mass is 434 g/mol. The molecule has 0 aliphatic carbocycles. The predicted molar refractivity (Wildman–Crippen MR) is 111 cm³/mol. The van der Waals surface area contributed by atoms with E-state index in [4.69, 9.17) is 37.9 Å². The van der Waals surface area contributed by atoms with Gasteiger partial charge in [0.2, 0.25) is 0 Å². The Morgan fingerprint density at radius 3 is 1.40 bits per heavy atom. The van der Waals surface area contributed by atoms with E-state index in [1.165, 1.54) is 0 Å². The number of unbranched alkanes of at least 4 members (excludes halogenated alkanes) is 1. The van der Waals surface area contributed by atoms with Crippen LogP contribution in [0, 0.1) is 0 Å². The first-order valence-corrected chi connectivity index (χ1v) is 11.6. The molecule has 0 saturated carbocycles. The molecule has 0 spiro atoms. The lowest BCUT2D eigenvalue weighted by atomic mass is 10.3. The molecular weight excluding hydrogens is 392 g/mol. The molecule has 0 amide bonds. The van der Waals surface area contributed by atoms with Gasteiger partial charge in [0, 0.05) is 26.1 Å². The van der Waals surface area contributed by atoms with Crippen LogP contribution in [0.25, 0.3) is 0 Å². The van der Waals surface area contributed by atoms with E-state index >= 15 is 0 Å². The van der Waals surface area contributed by atoms with Crippen LogP contribution in [0.2, 0.25) is 0 Å². The first-order chi connectivity index (χ1) is 14.4. The average molecular weight is 435 g/mol. The van der Waals surface area contributed by atoms with Crippen molar-refractivity contribution in [3.63, 3.8) is 0 Å². The minimum absolute atomic E-state index is 0.0310. The Labute approximate surface area is 181 Å². The van der Waals surface area contributed by atoms with Crippen molar-refractivity contribution >= 4 is 0 Å². The molecule has 0 N–H and O–H groups in total. The highest BCUT2D eigenvalue weighted by Gasteiger charge is 2.42. The molecule has 8 heteroatoms. The summed E-state index contributed by atoms with van der Waals surface area (Å²) in [4.78, 5) is 0. The van der Waals surface area contributed by atoms with Gasteiger partial charge in [0.15, 0.2) is 12.6 Å². The molecular formula is C22H42O8. The van der Waals surface area contributed by atoms with Gasteiger partial charge in [-0.3, -0.25) is 9.47 Å². The van der Waals surface area contributed by atoms with E-state index in [0.717, 1.165) is 25.7 Å². The summed E-state index contributed by atoms with van der Waals surface area (Å²) in [5.74, 6) is -1.96. The third kappa shape index (κ3) is 7.67. The Morgan fingerprint density at radius 2 is 1.13 bits per heavy atom. The Balaban J connectivity index is 1.63. The Morgan fingerprint density at radius 1 is 0.733 bits per heavy atom. The minimum atomic E-state index is -0.980. The molecule has 0 bridgehead atoms. The highest BCUT2D eigenvalue weighted by Crippen LogP contribution is 2.31. The van der Waals surface area contributed by atoms with E-state index in [9.17, 15) is 0 Å². The molecule has 0 radical (unpaired) electrons. The third-order valence-electron chi connectivity index (χ3n) is 5.14. The van der Waals surface area contributed by atoms with Crippen LogP contribution < -0.4 is 0 Å². The molecule has 2 aliphatic rings. The molecule has 178 valence electrons. The zero-order valence-corrected chi connectivity index (χ0v) is 19.6. The van der Waals surface area contributed by atoms with Crippen molar-refractivity contribution in [1.82, 2.24) is 0 Å². The number of hydrogen-bond acceptors (Lipinski definition) is 8. The molecule has 2 heterocycles. The zero-order valence-electron chi connectivity index (χ0n) is 19.6. The van der Waals surface area contributed by atoms with Gasteiger partial charge in [-0.25, -0.2) is 0 Å². The van der Waals surface area contributed by atoms with Crippen LogP contribution in [-0.4, -0.2) is 63.2 Å². The maximum absolute atomic E-state index is 5.99. The average Bonchev–Trinajstić information content (AvgIpc) is 3.31. The van der Waals surface area contributed by atoms with Gasteiger partial charge in [0.05, 0.1) is 25.4 Å². The summed E-state index contributed by atoms with van der Waals surface area (Å²) < 4.78 is 46.8. The van der Waals surface area contributed by atoms with Crippen molar-refractivity contribution in [2.45, 2.75) is 117 Å². The van der Waals surface area contributed by atoms with E-state index < -0.39 is 11.9 Å². The van der Waals surface area contributed by atoms with Crippen molar-refractivity contribution in [2.75, 3.05) is 26.4 Å². The van der Waals surface area contributed by atoms with Gasteiger partial charge >= 0.3 is 0 Å². The van der Waals surface area contributed by atoms with Crippen LogP contribution in [0.15, 0.2) is 0 Å². The number of ether oxygens (including phenoxy) is 8. The molecule has 2 saturated heterocycles. The fraction of sp³-hybridized carbons (Fsp3) is 1.00. The van der Waals surface area contributed by atoms with Crippen molar-refractivity contribution in [3.8, 4) is 0 Å². The first kappa shape index (κ1) is 25.9. The van der Waals surface area contributed by atoms with E-state index in [1.54, 1.807) is 0 Å². The van der Waals surface area contributed by atoms with Crippen molar-refractivity contribution < 1.29 is 37.9 Å². The van der Waals surface area contributed by atoms with Crippen LogP contribution in [-0.2, 0) is 37.9 Å². The molecule has 8 nitrogen and oxygen atoms in total. The highest BCUT2D eigenvalue weighted by atomic mass is 16.9. The van der Waals surface area contributed by atoms with Gasteiger partial charge in [-0.15, -0.1) is 0 Å². The lowest BCUT2D eigenvalue weighted by Gasteiger charge is -2.31. The minimum Gasteiger partial charge on any atom is -0.352 e. The summed E-state index contributed by atoms with van der Waals surface area (Å²) in [6, 6.07) is 0. The van der Waals surface area contributed by atoms with Crippen LogP contribution in [0.5, 0.6) is 0 Å². The largest absolute Gasteiger partial charge is 0.352 e. The predicted octanol–water partition coefficient (Wildman–Crippen LogP) is 4.30. The maximum Gasteiger partial charge on any atom is 0.285 e. The summed E-state index contributed by atoms with van der Waals surface area (Å²) in [6.07, 6.45) is 3.76. The summed E-state index contributed by atoms with van der Waals surface area (Å²) >= 11 is 0. The third-order valence-corrected chi connectivity index (χ3v) is 5.14. The van der Waals surface area contributed by atoms with Crippen LogP contribution >= 0.6 is 0 Å². The van der Waals surface area contributed by atoms with Crippen LogP contribution in [0.4, 0.5) is 0 Å². The first-order valence-electron chi connectivity index (χ1n) is 11.6. The van der Waals surface area contributed by atoms with Crippen LogP contribution in [0.3, 0.4) is 0 Å². The summed E-state index contributed by atoms with van der Waals surface area (Å²) in [6.45, 7) is 14.2. The SMILES string of the molecule is CCC(OCCCCOC(CC)OC1(CC)OCC(C)O1)OC1(CC)OCC(C)O1. The van der Waals surface area contributed by atoms with Gasteiger partial charge in [0.25, 0.3) is 11.9 Å². The fourth-order valence-corrected chi connectivity index (χ4v) is 3.40. The van der Waals surface area contributed by atoms with E-state index in [0.29, 0.717) is 39.3 Å². The number of rotatable bonds is 15. The maximum atomic E-state index is 5.99. The van der Waals surface area contributed by atoms with Gasteiger partial charge < -0.3 is 28.4 Å². The summed E-state index contributed by atoms with van der Waals surface area (Å²) in [5, 5.41) is 0. The Bertz CT molecular complexity index is 436. The molecule has 2 aliphatic heterocycles. The topological polar surface area (TPSA) is 73.8 Å². The van der Waals surface area contributed by atoms with E-state index in [1.807, 2.05) is 41.5 Å². The normalized spacial score (nSPS) is 33.8. The molecule has 2 fully saturated rings. The smallest absolute Gasteiger partial charge is 0.285 e. The standard InChI is InChI=1S/C22H42O8/c1-7-19(29-21(9-3)25-15-17(5)27-21)23-13-11-12-14-24-20(8-2)30-22(10-4)26-16-18(6)28-22/h17-20H,7-16H2,1-6H3. The lowest BCUT2D eigenvalue weighted by Crippen LogP contribution is -2.39. The zero-order chi connectivity index (χ0) is 22.0. The second-order valence-electron chi connectivity index (χ2n) is 7.91. The van der Waals surface area contributed by atoms with Crippen molar-refractivity contribution in [3.05, 3.63) is 0 Å². The molecule has 2 rings (SSSR count). The van der Waals surface area contributed by atoms with E-state index in [2.05, 4.69) is 0 Å². The fourth-order valence-electron chi connectivity index (χ4n) is 3.40. The second-order valence-corrected chi connectivity index (χ2v) is 7.91. The molecule has 0 aromatic heterocycles. The van der Waals surface area contributed by atoms with Gasteiger partial charge in [0.1, 0.15) is 0 Å². The molecule has 6 atom stereocenters.